The predicted octanol–water partition coefficient (Wildman–Crippen LogP) is 3.62. The summed E-state index contributed by atoms with van der Waals surface area (Å²) in [6, 6.07) is 17.0. The van der Waals surface area contributed by atoms with Crippen LogP contribution >= 0.6 is 0 Å². The highest BCUT2D eigenvalue weighted by Crippen LogP contribution is 2.28. The third kappa shape index (κ3) is 4.56. The monoisotopic (exact) mass is 377 g/mol. The minimum absolute atomic E-state index is 0.343. The summed E-state index contributed by atoms with van der Waals surface area (Å²) >= 11 is 0. The number of carbonyl (C=O) groups is 1. The van der Waals surface area contributed by atoms with Crippen LogP contribution in [0.2, 0.25) is 0 Å². The molecule has 144 valence electrons. The molecule has 7 heteroatoms. The molecule has 3 N–H and O–H groups in total. The second-order valence-corrected chi connectivity index (χ2v) is 6.22. The number of nitrogens with zero attached hydrogens (tertiary/aromatic N) is 3. The van der Waals surface area contributed by atoms with Crippen LogP contribution < -0.4 is 16.0 Å². The molecule has 0 saturated carbocycles. The number of carbonyl (C=O) groups excluding carboxylic acids is 1. The first-order chi connectivity index (χ1) is 13.6. The van der Waals surface area contributed by atoms with E-state index in [4.69, 9.17) is 10.5 Å². The Kier molecular flexibility index (Phi) is 6.06. The van der Waals surface area contributed by atoms with Crippen LogP contribution in [0.4, 0.5) is 23.0 Å². The van der Waals surface area contributed by atoms with Gasteiger partial charge in [0.2, 0.25) is 0 Å². The second-order valence-electron chi connectivity index (χ2n) is 6.22. The van der Waals surface area contributed by atoms with E-state index in [1.807, 2.05) is 30.1 Å². The van der Waals surface area contributed by atoms with Gasteiger partial charge in [0.25, 0.3) is 0 Å². The number of aromatic nitrogens is 2. The lowest BCUT2D eigenvalue weighted by Crippen LogP contribution is -2.20. The topological polar surface area (TPSA) is 93.4 Å². The van der Waals surface area contributed by atoms with E-state index in [1.54, 1.807) is 31.2 Å². The standard InChI is InChI=1S/C21H23N5O2/c1-3-28-21(27)16-9-11-17(12-10-16)25-19-18(22)20(24-14-23-19)26(2)13-15-7-5-4-6-8-15/h4-12,14H,3,13,22H2,1-2H3,(H,23,24,25). The molecule has 0 aliphatic rings. The maximum atomic E-state index is 11.7. The maximum Gasteiger partial charge on any atom is 0.338 e. The van der Waals surface area contributed by atoms with E-state index in [1.165, 1.54) is 6.33 Å². The van der Waals surface area contributed by atoms with Crippen LogP contribution in [-0.4, -0.2) is 29.6 Å². The van der Waals surface area contributed by atoms with Gasteiger partial charge in [-0.25, -0.2) is 14.8 Å². The lowest BCUT2D eigenvalue weighted by Gasteiger charge is -2.21. The van der Waals surface area contributed by atoms with Crippen LogP contribution in [0.3, 0.4) is 0 Å². The number of anilines is 4. The second kappa shape index (κ2) is 8.85. The fourth-order valence-electron chi connectivity index (χ4n) is 2.76. The van der Waals surface area contributed by atoms with E-state index in [9.17, 15) is 4.79 Å². The van der Waals surface area contributed by atoms with Crippen LogP contribution in [0.1, 0.15) is 22.8 Å². The molecule has 1 aromatic heterocycles. The zero-order valence-corrected chi connectivity index (χ0v) is 15.9. The molecule has 3 rings (SSSR count). The average Bonchev–Trinajstić information content (AvgIpc) is 2.71. The van der Waals surface area contributed by atoms with Crippen LogP contribution in [0.25, 0.3) is 0 Å². The molecule has 0 bridgehead atoms. The van der Waals surface area contributed by atoms with E-state index in [-0.39, 0.29) is 5.97 Å². The lowest BCUT2D eigenvalue weighted by molar-refractivity contribution is 0.0526. The van der Waals surface area contributed by atoms with Crippen molar-refractivity contribution in [3.05, 3.63) is 72.1 Å². The van der Waals surface area contributed by atoms with Crippen molar-refractivity contribution in [3.8, 4) is 0 Å². The number of rotatable bonds is 7. The van der Waals surface area contributed by atoms with Crippen molar-refractivity contribution in [3.63, 3.8) is 0 Å². The van der Waals surface area contributed by atoms with Gasteiger partial charge in [0.1, 0.15) is 12.0 Å². The maximum absolute atomic E-state index is 11.7. The normalized spacial score (nSPS) is 10.4. The molecular weight excluding hydrogens is 354 g/mol. The molecule has 1 heterocycles. The van der Waals surface area contributed by atoms with E-state index < -0.39 is 0 Å². The smallest absolute Gasteiger partial charge is 0.338 e. The quantitative estimate of drug-likeness (QED) is 0.607. The molecule has 28 heavy (non-hydrogen) atoms. The highest BCUT2D eigenvalue weighted by Gasteiger charge is 2.13. The highest BCUT2D eigenvalue weighted by molar-refractivity contribution is 5.90. The van der Waals surface area contributed by atoms with E-state index >= 15 is 0 Å². The molecular formula is C21H23N5O2. The predicted molar refractivity (Wildman–Crippen MR) is 111 cm³/mol. The zero-order chi connectivity index (χ0) is 19.9. The van der Waals surface area contributed by atoms with E-state index in [2.05, 4.69) is 27.4 Å². The Morgan fingerprint density at radius 2 is 1.82 bits per heavy atom. The Hall–Kier alpha value is -3.61. The molecule has 0 spiro atoms. The number of nitrogens with two attached hydrogens (primary N) is 1. The van der Waals surface area contributed by atoms with Gasteiger partial charge < -0.3 is 20.7 Å². The van der Waals surface area contributed by atoms with Gasteiger partial charge in [-0.2, -0.15) is 0 Å². The minimum atomic E-state index is -0.347. The first-order valence-electron chi connectivity index (χ1n) is 8.98. The molecule has 0 aliphatic carbocycles. The molecule has 2 aromatic carbocycles. The van der Waals surface area contributed by atoms with Gasteiger partial charge in [0.15, 0.2) is 11.6 Å². The zero-order valence-electron chi connectivity index (χ0n) is 15.9. The number of hydrogen-bond donors (Lipinski definition) is 2. The third-order valence-electron chi connectivity index (χ3n) is 4.15. The van der Waals surface area contributed by atoms with Gasteiger partial charge in [-0.1, -0.05) is 30.3 Å². The first-order valence-corrected chi connectivity index (χ1v) is 8.98. The Morgan fingerprint density at radius 1 is 1.11 bits per heavy atom. The molecule has 0 radical (unpaired) electrons. The van der Waals surface area contributed by atoms with E-state index in [0.29, 0.717) is 36.0 Å². The molecule has 0 fully saturated rings. The van der Waals surface area contributed by atoms with Crippen LogP contribution in [-0.2, 0) is 11.3 Å². The molecule has 0 aliphatic heterocycles. The fourth-order valence-corrected chi connectivity index (χ4v) is 2.76. The molecule has 0 saturated heterocycles. The van der Waals surface area contributed by atoms with Gasteiger partial charge in [-0.15, -0.1) is 0 Å². The Morgan fingerprint density at radius 3 is 2.50 bits per heavy atom. The summed E-state index contributed by atoms with van der Waals surface area (Å²) in [5.74, 6) is 0.804. The average molecular weight is 377 g/mol. The SMILES string of the molecule is CCOC(=O)c1ccc(Nc2ncnc(N(C)Cc3ccccc3)c2N)cc1. The fraction of sp³-hybridized carbons (Fsp3) is 0.190. The van der Waals surface area contributed by atoms with Crippen molar-refractivity contribution in [2.24, 2.45) is 0 Å². The van der Waals surface area contributed by atoms with Crippen LogP contribution in [0, 0.1) is 0 Å². The molecule has 0 amide bonds. The van der Waals surface area contributed by atoms with Crippen molar-refractivity contribution in [1.82, 2.24) is 9.97 Å². The van der Waals surface area contributed by atoms with Crippen LogP contribution in [0.5, 0.6) is 0 Å². The number of benzene rings is 2. The summed E-state index contributed by atoms with van der Waals surface area (Å²) < 4.78 is 4.99. The van der Waals surface area contributed by atoms with Gasteiger partial charge in [0.05, 0.1) is 12.2 Å². The van der Waals surface area contributed by atoms with Gasteiger partial charge in [-0.3, -0.25) is 0 Å². The molecule has 0 unspecified atom stereocenters. The molecule has 0 atom stereocenters. The lowest BCUT2D eigenvalue weighted by atomic mass is 10.2. The number of nitrogens with one attached hydrogen (secondary N) is 1. The minimum Gasteiger partial charge on any atom is -0.462 e. The summed E-state index contributed by atoms with van der Waals surface area (Å²) in [6.45, 7) is 2.80. The largest absolute Gasteiger partial charge is 0.462 e. The summed E-state index contributed by atoms with van der Waals surface area (Å²) in [6.07, 6.45) is 1.47. The number of nitrogen functional groups attached to an aromatic ring is 1. The van der Waals surface area contributed by atoms with Crippen LogP contribution in [0.15, 0.2) is 60.9 Å². The summed E-state index contributed by atoms with van der Waals surface area (Å²) in [7, 11) is 1.93. The first kappa shape index (κ1) is 19.2. The molecule has 7 nitrogen and oxygen atoms in total. The Balaban J connectivity index is 1.75. The van der Waals surface area contributed by atoms with Gasteiger partial charge >= 0.3 is 5.97 Å². The molecule has 3 aromatic rings. The number of esters is 1. The van der Waals surface area contributed by atoms with Crippen molar-refractivity contribution in [2.45, 2.75) is 13.5 Å². The van der Waals surface area contributed by atoms with Gasteiger partial charge in [0, 0.05) is 19.3 Å². The number of hydrogen-bond acceptors (Lipinski definition) is 7. The third-order valence-corrected chi connectivity index (χ3v) is 4.15. The number of ether oxygens (including phenoxy) is 1. The van der Waals surface area contributed by atoms with Crippen molar-refractivity contribution in [1.29, 1.82) is 0 Å². The summed E-state index contributed by atoms with van der Waals surface area (Å²) in [4.78, 5) is 22.3. The Bertz CT molecular complexity index is 929. The highest BCUT2D eigenvalue weighted by atomic mass is 16.5. The summed E-state index contributed by atoms with van der Waals surface area (Å²) in [5.41, 5.74) is 9.16. The van der Waals surface area contributed by atoms with Gasteiger partial charge in [-0.05, 0) is 36.8 Å². The van der Waals surface area contributed by atoms with Crippen molar-refractivity contribution >= 4 is 29.0 Å². The van der Waals surface area contributed by atoms with Crippen molar-refractivity contribution < 1.29 is 9.53 Å². The Labute approximate surface area is 164 Å². The van der Waals surface area contributed by atoms with Crippen molar-refractivity contribution in [2.75, 3.05) is 29.6 Å². The van der Waals surface area contributed by atoms with E-state index in [0.717, 1.165) is 11.3 Å². The summed E-state index contributed by atoms with van der Waals surface area (Å²) in [5, 5.41) is 3.17.